The molecule has 82 valence electrons. The fourth-order valence-corrected chi connectivity index (χ4v) is 1.40. The zero-order chi connectivity index (χ0) is 11.1. The zero-order valence-corrected chi connectivity index (χ0v) is 9.95. The van der Waals surface area contributed by atoms with E-state index in [9.17, 15) is 0 Å². The van der Waals surface area contributed by atoms with Crippen LogP contribution in [0.15, 0.2) is 12.3 Å². The first-order chi connectivity index (χ1) is 7.31. The monoisotopic (exact) mass is 204 g/mol. The van der Waals surface area contributed by atoms with Crippen LogP contribution in [0, 0.1) is 0 Å². The lowest BCUT2D eigenvalue weighted by Gasteiger charge is -2.03. The largest absolute Gasteiger partial charge is 0.257 e. The molecule has 1 aromatic heterocycles. The first kappa shape index (κ1) is 11.9. The van der Waals surface area contributed by atoms with Gasteiger partial charge in [-0.3, -0.25) is 4.98 Å². The van der Waals surface area contributed by atoms with Crippen molar-refractivity contribution in [2.45, 2.75) is 46.5 Å². The highest BCUT2D eigenvalue weighted by Crippen LogP contribution is 2.08. The minimum Gasteiger partial charge on any atom is -0.257 e. The van der Waals surface area contributed by atoms with Crippen LogP contribution in [0.5, 0.6) is 0 Å². The van der Waals surface area contributed by atoms with Gasteiger partial charge in [-0.15, -0.1) is 0 Å². The van der Waals surface area contributed by atoms with Crippen molar-refractivity contribution in [1.82, 2.24) is 9.97 Å². The highest BCUT2D eigenvalue weighted by Gasteiger charge is 2.01. The molecule has 1 aromatic rings. The second kappa shape index (κ2) is 6.33. The summed E-state index contributed by atoms with van der Waals surface area (Å²) in [6, 6.07) is 0. The first-order valence-corrected chi connectivity index (χ1v) is 5.83. The van der Waals surface area contributed by atoms with Crippen LogP contribution in [0.25, 0.3) is 6.08 Å². The summed E-state index contributed by atoms with van der Waals surface area (Å²) in [7, 11) is 0. The molecule has 2 heteroatoms. The molecule has 0 saturated carbocycles. The number of hydrogen-bond donors (Lipinski definition) is 0. The van der Waals surface area contributed by atoms with Crippen LogP contribution < -0.4 is 0 Å². The number of aromatic nitrogens is 2. The van der Waals surface area contributed by atoms with Gasteiger partial charge in [-0.1, -0.05) is 33.3 Å². The lowest BCUT2D eigenvalue weighted by atomic mass is 10.2. The summed E-state index contributed by atoms with van der Waals surface area (Å²) in [5.41, 5.74) is 3.22. The Morgan fingerprint density at radius 1 is 1.20 bits per heavy atom. The predicted molar refractivity (Wildman–Crippen MR) is 64.7 cm³/mol. The van der Waals surface area contributed by atoms with Crippen LogP contribution >= 0.6 is 0 Å². The summed E-state index contributed by atoms with van der Waals surface area (Å²) >= 11 is 0. The minimum absolute atomic E-state index is 0.947. The highest BCUT2D eigenvalue weighted by atomic mass is 14.8. The van der Waals surface area contributed by atoms with E-state index in [-0.39, 0.29) is 0 Å². The molecule has 0 aromatic carbocycles. The molecule has 1 rings (SSSR count). The van der Waals surface area contributed by atoms with E-state index < -0.39 is 0 Å². The molecule has 0 saturated heterocycles. The third-order valence-electron chi connectivity index (χ3n) is 2.36. The van der Waals surface area contributed by atoms with E-state index in [2.05, 4.69) is 42.9 Å². The molecular formula is C13H20N2. The molecule has 0 radical (unpaired) electrons. The Morgan fingerprint density at radius 3 is 2.60 bits per heavy atom. The van der Waals surface area contributed by atoms with Gasteiger partial charge in [0, 0.05) is 6.20 Å². The first-order valence-electron chi connectivity index (χ1n) is 5.83. The van der Waals surface area contributed by atoms with Crippen LogP contribution in [-0.4, -0.2) is 9.97 Å². The van der Waals surface area contributed by atoms with Crippen molar-refractivity contribution >= 4 is 6.08 Å². The average molecular weight is 204 g/mol. The van der Waals surface area contributed by atoms with Crippen LogP contribution in [0.2, 0.25) is 0 Å². The van der Waals surface area contributed by atoms with E-state index in [1.54, 1.807) is 0 Å². The van der Waals surface area contributed by atoms with Gasteiger partial charge in [-0.05, 0) is 25.3 Å². The van der Waals surface area contributed by atoms with Crippen molar-refractivity contribution in [2.24, 2.45) is 0 Å². The summed E-state index contributed by atoms with van der Waals surface area (Å²) in [4.78, 5) is 9.02. The van der Waals surface area contributed by atoms with Gasteiger partial charge >= 0.3 is 0 Å². The zero-order valence-electron chi connectivity index (χ0n) is 9.95. The van der Waals surface area contributed by atoms with Crippen LogP contribution in [0.4, 0.5) is 0 Å². The molecule has 0 bridgehead atoms. The van der Waals surface area contributed by atoms with Crippen molar-refractivity contribution < 1.29 is 0 Å². The quantitative estimate of drug-likeness (QED) is 0.734. The molecule has 1 heterocycles. The maximum atomic E-state index is 4.58. The van der Waals surface area contributed by atoms with Crippen molar-refractivity contribution in [1.29, 1.82) is 0 Å². The van der Waals surface area contributed by atoms with Gasteiger partial charge < -0.3 is 0 Å². The molecule has 0 aliphatic heterocycles. The molecule has 0 N–H and O–H groups in total. The lowest BCUT2D eigenvalue weighted by molar-refractivity contribution is 0.922. The molecule has 0 amide bonds. The Bertz CT molecular complexity index is 329. The number of aryl methyl sites for hydroxylation is 2. The van der Waals surface area contributed by atoms with Crippen LogP contribution in [-0.2, 0) is 12.8 Å². The molecule has 0 aliphatic rings. The summed E-state index contributed by atoms with van der Waals surface area (Å²) < 4.78 is 0. The Balaban J connectivity index is 2.90. The molecule has 0 fully saturated rings. The fourth-order valence-electron chi connectivity index (χ4n) is 1.40. The number of rotatable bonds is 5. The van der Waals surface area contributed by atoms with Gasteiger partial charge in [0.05, 0.1) is 17.1 Å². The van der Waals surface area contributed by atoms with Gasteiger partial charge in [-0.25, -0.2) is 4.98 Å². The van der Waals surface area contributed by atoms with Crippen molar-refractivity contribution in [3.05, 3.63) is 29.4 Å². The second-order valence-electron chi connectivity index (χ2n) is 3.59. The number of nitrogens with zero attached hydrogens (tertiary/aromatic N) is 2. The Labute approximate surface area is 92.5 Å². The van der Waals surface area contributed by atoms with Crippen molar-refractivity contribution in [3.8, 4) is 0 Å². The van der Waals surface area contributed by atoms with E-state index in [0.29, 0.717) is 0 Å². The van der Waals surface area contributed by atoms with E-state index in [1.807, 2.05) is 6.20 Å². The van der Waals surface area contributed by atoms with E-state index in [4.69, 9.17) is 0 Å². The Kier molecular flexibility index (Phi) is 5.02. The lowest BCUT2D eigenvalue weighted by Crippen LogP contribution is -1.99. The number of hydrogen-bond acceptors (Lipinski definition) is 2. The van der Waals surface area contributed by atoms with Crippen molar-refractivity contribution in [2.75, 3.05) is 0 Å². The molecule has 0 atom stereocenters. The van der Waals surface area contributed by atoms with Gasteiger partial charge in [0.15, 0.2) is 0 Å². The van der Waals surface area contributed by atoms with Gasteiger partial charge in [0.2, 0.25) is 0 Å². The standard InChI is InChI=1S/C13H20N2/c1-4-7-8-9-13-12(6-3)14-10-11(5-2)15-13/h8-10H,4-7H2,1-3H3. The van der Waals surface area contributed by atoms with E-state index in [1.165, 1.54) is 6.42 Å². The SMILES string of the molecule is CCCC=Cc1nc(CC)cnc1CC. The normalized spacial score (nSPS) is 11.1. The third-order valence-corrected chi connectivity index (χ3v) is 2.36. The molecular weight excluding hydrogens is 184 g/mol. The van der Waals surface area contributed by atoms with E-state index >= 15 is 0 Å². The fraction of sp³-hybridized carbons (Fsp3) is 0.538. The van der Waals surface area contributed by atoms with E-state index in [0.717, 1.165) is 36.3 Å². The Morgan fingerprint density at radius 2 is 2.00 bits per heavy atom. The molecule has 0 unspecified atom stereocenters. The van der Waals surface area contributed by atoms with Gasteiger partial charge in [0.1, 0.15) is 0 Å². The topological polar surface area (TPSA) is 25.8 Å². The minimum atomic E-state index is 0.947. The van der Waals surface area contributed by atoms with Crippen molar-refractivity contribution in [3.63, 3.8) is 0 Å². The van der Waals surface area contributed by atoms with Crippen LogP contribution in [0.3, 0.4) is 0 Å². The smallest absolute Gasteiger partial charge is 0.0845 e. The summed E-state index contributed by atoms with van der Waals surface area (Å²) in [6.07, 6.45) is 10.4. The molecule has 15 heavy (non-hydrogen) atoms. The molecule has 0 aliphatic carbocycles. The maximum Gasteiger partial charge on any atom is 0.0845 e. The van der Waals surface area contributed by atoms with Gasteiger partial charge in [-0.2, -0.15) is 0 Å². The Hall–Kier alpha value is -1.18. The van der Waals surface area contributed by atoms with Crippen LogP contribution in [0.1, 0.15) is 50.7 Å². The average Bonchev–Trinajstić information content (AvgIpc) is 2.29. The highest BCUT2D eigenvalue weighted by molar-refractivity contribution is 5.47. The summed E-state index contributed by atoms with van der Waals surface area (Å²) in [5, 5.41) is 0. The molecule has 0 spiro atoms. The summed E-state index contributed by atoms with van der Waals surface area (Å²) in [6.45, 7) is 6.40. The summed E-state index contributed by atoms with van der Waals surface area (Å²) in [5.74, 6) is 0. The second-order valence-corrected chi connectivity index (χ2v) is 3.59. The number of allylic oxidation sites excluding steroid dienone is 1. The molecule has 2 nitrogen and oxygen atoms in total. The maximum absolute atomic E-state index is 4.58. The number of unbranched alkanes of at least 4 members (excludes halogenated alkanes) is 1. The third kappa shape index (κ3) is 3.46. The predicted octanol–water partition coefficient (Wildman–Crippen LogP) is 3.41. The van der Waals surface area contributed by atoms with Gasteiger partial charge in [0.25, 0.3) is 0 Å².